The molecule has 31 heavy (non-hydrogen) atoms. The van der Waals surface area contributed by atoms with Crippen molar-refractivity contribution in [2.75, 3.05) is 36.9 Å². The molecule has 1 heterocycles. The second-order valence-electron chi connectivity index (χ2n) is 7.91. The van der Waals surface area contributed by atoms with Gasteiger partial charge in [-0.05, 0) is 67.8 Å². The molecule has 1 aliphatic rings. The molecule has 0 unspecified atom stereocenters. The van der Waals surface area contributed by atoms with Crippen LogP contribution in [0, 0.1) is 0 Å². The topological polar surface area (TPSA) is 70.7 Å². The van der Waals surface area contributed by atoms with Gasteiger partial charge in [0.15, 0.2) is 0 Å². The standard InChI is InChI=1S/C25H33N3O3/c1-2-3-18-31-23-14-12-21(13-15-23)26-19-24(29)27-22-10-8-20(9-11-22)25(30)28-16-6-4-5-7-17-28/h8-15,26H,2-7,16-19H2,1H3,(H,27,29). The first-order valence-electron chi connectivity index (χ1n) is 11.3. The number of hydrogen-bond donors (Lipinski definition) is 2. The number of carbonyl (C=O) groups is 2. The summed E-state index contributed by atoms with van der Waals surface area (Å²) in [5.74, 6) is 0.761. The number of nitrogens with zero attached hydrogens (tertiary/aromatic N) is 1. The number of likely N-dealkylation sites (tertiary alicyclic amines) is 1. The highest BCUT2D eigenvalue weighted by atomic mass is 16.5. The van der Waals surface area contributed by atoms with E-state index in [1.807, 2.05) is 29.2 Å². The molecular formula is C25H33N3O3. The molecule has 1 fully saturated rings. The second kappa shape index (κ2) is 12.0. The fourth-order valence-corrected chi connectivity index (χ4v) is 3.54. The Kier molecular flexibility index (Phi) is 8.76. The summed E-state index contributed by atoms with van der Waals surface area (Å²) in [6.07, 6.45) is 6.67. The number of rotatable bonds is 9. The molecule has 2 N–H and O–H groups in total. The molecular weight excluding hydrogens is 390 g/mol. The average molecular weight is 424 g/mol. The van der Waals surface area contributed by atoms with Crippen molar-refractivity contribution in [2.24, 2.45) is 0 Å². The van der Waals surface area contributed by atoms with Gasteiger partial charge in [0.05, 0.1) is 13.2 Å². The highest BCUT2D eigenvalue weighted by Crippen LogP contribution is 2.17. The summed E-state index contributed by atoms with van der Waals surface area (Å²) in [5.41, 5.74) is 2.20. The van der Waals surface area contributed by atoms with Crippen molar-refractivity contribution < 1.29 is 14.3 Å². The zero-order chi connectivity index (χ0) is 21.9. The largest absolute Gasteiger partial charge is 0.494 e. The SMILES string of the molecule is CCCCOc1ccc(NCC(=O)Nc2ccc(C(=O)N3CCCCCC3)cc2)cc1. The second-order valence-corrected chi connectivity index (χ2v) is 7.91. The molecule has 1 aliphatic heterocycles. The lowest BCUT2D eigenvalue weighted by molar-refractivity contribution is -0.114. The van der Waals surface area contributed by atoms with Crippen LogP contribution in [0.2, 0.25) is 0 Å². The molecule has 0 atom stereocenters. The number of anilines is 2. The quantitative estimate of drug-likeness (QED) is 0.561. The molecule has 2 aromatic carbocycles. The number of benzene rings is 2. The van der Waals surface area contributed by atoms with Gasteiger partial charge in [-0.3, -0.25) is 9.59 Å². The predicted octanol–water partition coefficient (Wildman–Crippen LogP) is 4.93. The van der Waals surface area contributed by atoms with Crippen LogP contribution in [0.5, 0.6) is 5.75 Å². The minimum absolute atomic E-state index is 0.0727. The van der Waals surface area contributed by atoms with E-state index in [1.165, 1.54) is 12.8 Å². The van der Waals surface area contributed by atoms with E-state index in [4.69, 9.17) is 4.74 Å². The van der Waals surface area contributed by atoms with Gasteiger partial charge >= 0.3 is 0 Å². The molecule has 166 valence electrons. The molecule has 0 aromatic heterocycles. The number of unbranched alkanes of at least 4 members (excludes halogenated alkanes) is 1. The maximum atomic E-state index is 12.7. The Labute approximate surface area is 185 Å². The summed E-state index contributed by atoms with van der Waals surface area (Å²) >= 11 is 0. The molecule has 6 nitrogen and oxygen atoms in total. The first kappa shape index (κ1) is 22.7. The summed E-state index contributed by atoms with van der Waals surface area (Å²) in [5, 5.41) is 5.97. The first-order valence-corrected chi connectivity index (χ1v) is 11.3. The predicted molar refractivity (Wildman–Crippen MR) is 125 cm³/mol. The Balaban J connectivity index is 1.44. The van der Waals surface area contributed by atoms with E-state index in [9.17, 15) is 9.59 Å². The van der Waals surface area contributed by atoms with E-state index in [1.54, 1.807) is 24.3 Å². The summed E-state index contributed by atoms with van der Waals surface area (Å²) in [6, 6.07) is 14.7. The van der Waals surface area contributed by atoms with E-state index in [2.05, 4.69) is 17.6 Å². The number of hydrogen-bond acceptors (Lipinski definition) is 4. The van der Waals surface area contributed by atoms with Crippen LogP contribution in [0.25, 0.3) is 0 Å². The van der Waals surface area contributed by atoms with Gasteiger partial charge < -0.3 is 20.3 Å². The van der Waals surface area contributed by atoms with E-state index in [0.717, 1.165) is 50.2 Å². The van der Waals surface area contributed by atoms with Gasteiger partial charge in [0.1, 0.15) is 5.75 Å². The average Bonchev–Trinajstić information content (AvgIpc) is 3.08. The van der Waals surface area contributed by atoms with Crippen LogP contribution in [0.3, 0.4) is 0 Å². The summed E-state index contributed by atoms with van der Waals surface area (Å²) in [6.45, 7) is 4.66. The van der Waals surface area contributed by atoms with Gasteiger partial charge in [-0.15, -0.1) is 0 Å². The molecule has 3 rings (SSSR count). The zero-order valence-electron chi connectivity index (χ0n) is 18.4. The Hall–Kier alpha value is -3.02. The van der Waals surface area contributed by atoms with Crippen LogP contribution >= 0.6 is 0 Å². The molecule has 2 amide bonds. The van der Waals surface area contributed by atoms with Gasteiger partial charge in [-0.1, -0.05) is 26.2 Å². The van der Waals surface area contributed by atoms with Crippen LogP contribution < -0.4 is 15.4 Å². The fraction of sp³-hybridized carbons (Fsp3) is 0.440. The van der Waals surface area contributed by atoms with Gasteiger partial charge in [0.25, 0.3) is 5.91 Å². The lowest BCUT2D eigenvalue weighted by atomic mass is 10.1. The number of amides is 2. The monoisotopic (exact) mass is 423 g/mol. The summed E-state index contributed by atoms with van der Waals surface area (Å²) < 4.78 is 5.64. The smallest absolute Gasteiger partial charge is 0.253 e. The molecule has 6 heteroatoms. The Morgan fingerprint density at radius 1 is 0.903 bits per heavy atom. The number of carbonyl (C=O) groups excluding carboxylic acids is 2. The van der Waals surface area contributed by atoms with Crippen LogP contribution in [0.15, 0.2) is 48.5 Å². The van der Waals surface area contributed by atoms with Gasteiger partial charge in [-0.25, -0.2) is 0 Å². The zero-order valence-corrected chi connectivity index (χ0v) is 18.4. The van der Waals surface area contributed by atoms with Crippen molar-refractivity contribution in [2.45, 2.75) is 45.4 Å². The van der Waals surface area contributed by atoms with Crippen molar-refractivity contribution >= 4 is 23.2 Å². The third-order valence-electron chi connectivity index (χ3n) is 5.38. The van der Waals surface area contributed by atoms with Gasteiger partial charge in [-0.2, -0.15) is 0 Å². The van der Waals surface area contributed by atoms with Crippen molar-refractivity contribution in [3.05, 3.63) is 54.1 Å². The molecule has 1 saturated heterocycles. The number of ether oxygens (including phenoxy) is 1. The highest BCUT2D eigenvalue weighted by molar-refractivity contribution is 5.96. The molecule has 2 aromatic rings. The van der Waals surface area contributed by atoms with Crippen LogP contribution in [0.1, 0.15) is 55.8 Å². The molecule has 0 saturated carbocycles. The normalized spacial score (nSPS) is 13.9. The van der Waals surface area contributed by atoms with Gasteiger partial charge in [0.2, 0.25) is 5.91 Å². The van der Waals surface area contributed by atoms with Crippen LogP contribution in [-0.2, 0) is 4.79 Å². The molecule has 0 bridgehead atoms. The van der Waals surface area contributed by atoms with Crippen molar-refractivity contribution in [1.29, 1.82) is 0 Å². The lowest BCUT2D eigenvalue weighted by Gasteiger charge is -2.20. The van der Waals surface area contributed by atoms with E-state index >= 15 is 0 Å². The van der Waals surface area contributed by atoms with E-state index < -0.39 is 0 Å². The van der Waals surface area contributed by atoms with Crippen molar-refractivity contribution in [1.82, 2.24) is 4.90 Å². The Bertz CT molecular complexity index is 826. The Morgan fingerprint density at radius 3 is 2.19 bits per heavy atom. The summed E-state index contributed by atoms with van der Waals surface area (Å²) in [4.78, 5) is 26.9. The Morgan fingerprint density at radius 2 is 1.55 bits per heavy atom. The van der Waals surface area contributed by atoms with Crippen LogP contribution in [0.4, 0.5) is 11.4 Å². The van der Waals surface area contributed by atoms with Crippen molar-refractivity contribution in [3.8, 4) is 5.75 Å². The fourth-order valence-electron chi connectivity index (χ4n) is 3.54. The van der Waals surface area contributed by atoms with Crippen molar-refractivity contribution in [3.63, 3.8) is 0 Å². The highest BCUT2D eigenvalue weighted by Gasteiger charge is 2.17. The minimum atomic E-state index is -0.144. The maximum absolute atomic E-state index is 12.7. The number of nitrogens with one attached hydrogen (secondary N) is 2. The first-order chi connectivity index (χ1) is 15.2. The van der Waals surface area contributed by atoms with Gasteiger partial charge in [0, 0.05) is 30.0 Å². The maximum Gasteiger partial charge on any atom is 0.253 e. The third kappa shape index (κ3) is 7.31. The van der Waals surface area contributed by atoms with Crippen LogP contribution in [-0.4, -0.2) is 43.0 Å². The lowest BCUT2D eigenvalue weighted by Crippen LogP contribution is -2.31. The van der Waals surface area contributed by atoms with E-state index in [0.29, 0.717) is 17.9 Å². The molecule has 0 spiro atoms. The minimum Gasteiger partial charge on any atom is -0.494 e. The molecule has 0 aliphatic carbocycles. The third-order valence-corrected chi connectivity index (χ3v) is 5.38. The summed E-state index contributed by atoms with van der Waals surface area (Å²) in [7, 11) is 0. The molecule has 0 radical (unpaired) electrons. The van der Waals surface area contributed by atoms with E-state index in [-0.39, 0.29) is 18.4 Å².